The van der Waals surface area contributed by atoms with E-state index < -0.39 is 21.8 Å². The van der Waals surface area contributed by atoms with Gasteiger partial charge in [0.2, 0.25) is 15.9 Å². The SMILES string of the molecule is Cc1nc(NC2CCC(NS(=O)(=O)c3ccc(Oc4ncc(C(F)(F)F)cc4Cl)cc3)CC2)cc(N(C)C)n1. The predicted octanol–water partition coefficient (Wildman–Crippen LogP) is 5.41. The summed E-state index contributed by atoms with van der Waals surface area (Å²) in [5, 5.41) is 3.12. The average molecular weight is 585 g/mol. The summed E-state index contributed by atoms with van der Waals surface area (Å²) in [5.41, 5.74) is -1.00. The summed E-state index contributed by atoms with van der Waals surface area (Å²) >= 11 is 5.87. The van der Waals surface area contributed by atoms with E-state index in [4.69, 9.17) is 16.3 Å². The molecule has 0 radical (unpaired) electrons. The zero-order valence-corrected chi connectivity index (χ0v) is 23.0. The molecule has 9 nitrogen and oxygen atoms in total. The molecule has 0 spiro atoms. The number of benzene rings is 1. The number of hydrogen-bond acceptors (Lipinski definition) is 8. The summed E-state index contributed by atoms with van der Waals surface area (Å²) < 4.78 is 72.5. The van der Waals surface area contributed by atoms with E-state index >= 15 is 0 Å². The molecule has 0 aliphatic heterocycles. The molecule has 2 heterocycles. The highest BCUT2D eigenvalue weighted by atomic mass is 35.5. The Bertz CT molecular complexity index is 1410. The smallest absolute Gasteiger partial charge is 0.417 e. The zero-order valence-electron chi connectivity index (χ0n) is 21.5. The summed E-state index contributed by atoms with van der Waals surface area (Å²) in [6.07, 6.45) is -1.13. The monoisotopic (exact) mass is 584 g/mol. The number of nitrogens with zero attached hydrogens (tertiary/aromatic N) is 4. The minimum absolute atomic E-state index is 0.0363. The van der Waals surface area contributed by atoms with Crippen LogP contribution in [0.2, 0.25) is 5.02 Å². The first-order valence-electron chi connectivity index (χ1n) is 12.1. The Labute approximate surface area is 229 Å². The second-order valence-electron chi connectivity index (χ2n) is 9.45. The van der Waals surface area contributed by atoms with Gasteiger partial charge in [0.15, 0.2) is 0 Å². The van der Waals surface area contributed by atoms with E-state index in [-0.39, 0.29) is 33.6 Å². The number of hydrogen-bond donors (Lipinski definition) is 2. The maximum Gasteiger partial charge on any atom is 0.417 e. The summed E-state index contributed by atoms with van der Waals surface area (Å²) in [6, 6.07) is 8.02. The van der Waals surface area contributed by atoms with Crippen LogP contribution in [0.3, 0.4) is 0 Å². The largest absolute Gasteiger partial charge is 0.438 e. The average Bonchev–Trinajstić information content (AvgIpc) is 2.85. The maximum atomic E-state index is 12.9. The Hall–Kier alpha value is -3.16. The van der Waals surface area contributed by atoms with Crippen molar-refractivity contribution < 1.29 is 26.3 Å². The number of aromatic nitrogens is 3. The van der Waals surface area contributed by atoms with Gasteiger partial charge in [0.05, 0.1) is 10.5 Å². The molecule has 2 aromatic heterocycles. The molecule has 0 bridgehead atoms. The minimum atomic E-state index is -4.58. The van der Waals surface area contributed by atoms with Gasteiger partial charge in [-0.15, -0.1) is 0 Å². The Kier molecular flexibility index (Phi) is 8.52. The number of anilines is 2. The van der Waals surface area contributed by atoms with Crippen molar-refractivity contribution in [3.8, 4) is 11.6 Å². The third-order valence-electron chi connectivity index (χ3n) is 6.17. The lowest BCUT2D eigenvalue weighted by Gasteiger charge is -2.30. The van der Waals surface area contributed by atoms with Gasteiger partial charge in [0.25, 0.3) is 0 Å². The topological polar surface area (TPSA) is 109 Å². The third kappa shape index (κ3) is 7.49. The molecule has 1 aliphatic carbocycles. The molecule has 1 aliphatic rings. The first-order chi connectivity index (χ1) is 18.3. The molecule has 1 fully saturated rings. The van der Waals surface area contributed by atoms with E-state index in [1.807, 2.05) is 32.0 Å². The molecule has 4 rings (SSSR count). The summed E-state index contributed by atoms with van der Waals surface area (Å²) in [4.78, 5) is 14.4. The van der Waals surface area contributed by atoms with Gasteiger partial charge in [-0.25, -0.2) is 28.1 Å². The first kappa shape index (κ1) is 28.8. The van der Waals surface area contributed by atoms with Gasteiger partial charge >= 0.3 is 6.18 Å². The number of alkyl halides is 3. The van der Waals surface area contributed by atoms with Crippen molar-refractivity contribution in [2.24, 2.45) is 0 Å². The highest BCUT2D eigenvalue weighted by molar-refractivity contribution is 7.89. The maximum absolute atomic E-state index is 12.9. The second kappa shape index (κ2) is 11.5. The van der Waals surface area contributed by atoms with Crippen LogP contribution in [0.15, 0.2) is 47.5 Å². The lowest BCUT2D eigenvalue weighted by molar-refractivity contribution is -0.137. The molecule has 14 heteroatoms. The second-order valence-corrected chi connectivity index (χ2v) is 11.6. The number of aryl methyl sites for hydroxylation is 1. The Morgan fingerprint density at radius 3 is 2.26 bits per heavy atom. The van der Waals surface area contributed by atoms with Gasteiger partial charge in [-0.3, -0.25) is 0 Å². The quantitative estimate of drug-likeness (QED) is 0.362. The zero-order chi connectivity index (χ0) is 28.4. The predicted molar refractivity (Wildman–Crippen MR) is 142 cm³/mol. The Morgan fingerprint density at radius 2 is 1.67 bits per heavy atom. The van der Waals surface area contributed by atoms with E-state index in [0.717, 1.165) is 24.5 Å². The van der Waals surface area contributed by atoms with Crippen molar-refractivity contribution in [2.75, 3.05) is 24.3 Å². The van der Waals surface area contributed by atoms with Gasteiger partial charge in [0, 0.05) is 38.4 Å². The van der Waals surface area contributed by atoms with Crippen LogP contribution in [0.4, 0.5) is 24.8 Å². The third-order valence-corrected chi connectivity index (χ3v) is 7.97. The number of rotatable bonds is 8. The van der Waals surface area contributed by atoms with E-state index in [2.05, 4.69) is 25.0 Å². The highest BCUT2D eigenvalue weighted by Gasteiger charge is 2.32. The van der Waals surface area contributed by atoms with Crippen LogP contribution in [-0.2, 0) is 16.2 Å². The van der Waals surface area contributed by atoms with Gasteiger partial charge in [-0.1, -0.05) is 11.6 Å². The minimum Gasteiger partial charge on any atom is -0.438 e. The molecule has 1 saturated carbocycles. The van der Waals surface area contributed by atoms with Crippen molar-refractivity contribution >= 4 is 33.3 Å². The van der Waals surface area contributed by atoms with Gasteiger partial charge in [-0.2, -0.15) is 13.2 Å². The van der Waals surface area contributed by atoms with Crippen LogP contribution in [0.1, 0.15) is 37.1 Å². The fourth-order valence-electron chi connectivity index (χ4n) is 4.16. The lowest BCUT2D eigenvalue weighted by Crippen LogP contribution is -2.40. The van der Waals surface area contributed by atoms with Crippen LogP contribution >= 0.6 is 11.6 Å². The van der Waals surface area contributed by atoms with Crippen LogP contribution in [0, 0.1) is 6.92 Å². The number of ether oxygens (including phenoxy) is 1. The molecule has 0 amide bonds. The number of pyridine rings is 1. The van der Waals surface area contributed by atoms with E-state index in [1.165, 1.54) is 24.3 Å². The molecular formula is C25H28ClF3N6O3S. The number of nitrogens with one attached hydrogen (secondary N) is 2. The first-order valence-corrected chi connectivity index (χ1v) is 14.0. The molecule has 0 unspecified atom stereocenters. The Balaban J connectivity index is 1.32. The Morgan fingerprint density at radius 1 is 1.03 bits per heavy atom. The fourth-order valence-corrected chi connectivity index (χ4v) is 5.67. The van der Waals surface area contributed by atoms with Gasteiger partial charge in [0.1, 0.15) is 28.2 Å². The summed E-state index contributed by atoms with van der Waals surface area (Å²) in [7, 11) is 0.0289. The normalized spacial score (nSPS) is 18.0. The molecule has 39 heavy (non-hydrogen) atoms. The summed E-state index contributed by atoms with van der Waals surface area (Å²) in [5.74, 6) is 2.16. The van der Waals surface area contributed by atoms with Crippen molar-refractivity contribution in [3.63, 3.8) is 0 Å². The van der Waals surface area contributed by atoms with Crippen LogP contribution in [0.25, 0.3) is 0 Å². The fraction of sp³-hybridized carbons (Fsp3) is 0.400. The highest BCUT2D eigenvalue weighted by Crippen LogP contribution is 2.35. The van der Waals surface area contributed by atoms with Crippen LogP contribution in [-0.4, -0.2) is 49.5 Å². The van der Waals surface area contributed by atoms with E-state index in [1.54, 1.807) is 0 Å². The lowest BCUT2D eigenvalue weighted by atomic mass is 9.92. The van der Waals surface area contributed by atoms with Crippen molar-refractivity contribution in [2.45, 2.75) is 55.8 Å². The standard InChI is InChI=1S/C25H28ClF3N6O3S/c1-15-31-22(13-23(32-15)35(2)3)33-17-4-6-18(7-5-17)34-39(36,37)20-10-8-19(9-11-20)38-24-21(26)12-16(14-30-24)25(27,28)29/h8-14,17-18,34H,4-7H2,1-3H3,(H,31,32,33). The van der Waals surface area contributed by atoms with Crippen LogP contribution < -0.4 is 19.7 Å². The van der Waals surface area contributed by atoms with Gasteiger partial charge in [-0.05, 0) is 62.9 Å². The van der Waals surface area contributed by atoms with Crippen molar-refractivity contribution in [3.05, 3.63) is 59.0 Å². The molecule has 1 aromatic carbocycles. The van der Waals surface area contributed by atoms with Crippen molar-refractivity contribution in [1.29, 1.82) is 0 Å². The molecule has 2 N–H and O–H groups in total. The van der Waals surface area contributed by atoms with Gasteiger partial charge < -0.3 is 15.0 Å². The molecular weight excluding hydrogens is 557 g/mol. The number of halogens is 4. The van der Waals surface area contributed by atoms with Crippen LogP contribution in [0.5, 0.6) is 11.6 Å². The molecule has 0 saturated heterocycles. The summed E-state index contributed by atoms with van der Waals surface area (Å²) in [6.45, 7) is 1.84. The molecule has 210 valence electrons. The number of sulfonamides is 1. The van der Waals surface area contributed by atoms with Crippen molar-refractivity contribution in [1.82, 2.24) is 19.7 Å². The van der Waals surface area contributed by atoms with E-state index in [9.17, 15) is 21.6 Å². The molecule has 3 aromatic rings. The molecule has 0 atom stereocenters. The van der Waals surface area contributed by atoms with E-state index in [0.29, 0.717) is 30.9 Å².